The first kappa shape index (κ1) is 14.8. The molecule has 1 atom stereocenters. The van der Waals surface area contributed by atoms with Gasteiger partial charge >= 0.3 is 5.69 Å². The van der Waals surface area contributed by atoms with Crippen LogP contribution in [0.15, 0.2) is 9.27 Å². The molecule has 0 aromatic carbocycles. The van der Waals surface area contributed by atoms with Gasteiger partial charge in [0.05, 0.1) is 10.2 Å². The summed E-state index contributed by atoms with van der Waals surface area (Å²) in [7, 11) is 0. The van der Waals surface area contributed by atoms with E-state index in [4.69, 9.17) is 0 Å². The van der Waals surface area contributed by atoms with Gasteiger partial charge in [-0.3, -0.25) is 4.57 Å². The lowest BCUT2D eigenvalue weighted by Gasteiger charge is -2.14. The van der Waals surface area contributed by atoms with Gasteiger partial charge in [-0.1, -0.05) is 6.92 Å². The second-order valence-electron chi connectivity index (χ2n) is 4.44. The van der Waals surface area contributed by atoms with Crippen molar-refractivity contribution < 1.29 is 0 Å². The standard InChI is InChI=1S/C12H19BrN2OS/c1-8(5-7-17)4-6-15-10(3)11(13)9(2)14-12(15)16/h8,17H,4-7H2,1-3H3. The highest BCUT2D eigenvalue weighted by Crippen LogP contribution is 2.18. The van der Waals surface area contributed by atoms with Crippen LogP contribution in [0.25, 0.3) is 0 Å². The third-order valence-electron chi connectivity index (χ3n) is 3.00. The molecule has 17 heavy (non-hydrogen) atoms. The maximum absolute atomic E-state index is 11.8. The van der Waals surface area contributed by atoms with Crippen molar-refractivity contribution in [3.05, 3.63) is 26.3 Å². The molecule has 0 N–H and O–H groups in total. The van der Waals surface area contributed by atoms with Crippen molar-refractivity contribution in [3.8, 4) is 0 Å². The third-order valence-corrected chi connectivity index (χ3v) is 4.41. The number of rotatable bonds is 5. The van der Waals surface area contributed by atoms with E-state index in [1.807, 2.05) is 13.8 Å². The smallest absolute Gasteiger partial charge is 0.295 e. The van der Waals surface area contributed by atoms with E-state index in [0.717, 1.165) is 41.0 Å². The number of aryl methyl sites for hydroxylation is 1. The lowest BCUT2D eigenvalue weighted by atomic mass is 10.1. The van der Waals surface area contributed by atoms with Gasteiger partial charge in [0.15, 0.2) is 0 Å². The predicted octanol–water partition coefficient (Wildman–Crippen LogP) is 2.97. The van der Waals surface area contributed by atoms with Gasteiger partial charge in [0.2, 0.25) is 0 Å². The molecule has 0 fully saturated rings. The highest BCUT2D eigenvalue weighted by molar-refractivity contribution is 9.10. The zero-order valence-electron chi connectivity index (χ0n) is 10.5. The summed E-state index contributed by atoms with van der Waals surface area (Å²) in [5.74, 6) is 1.48. The zero-order valence-corrected chi connectivity index (χ0v) is 13.0. The average molecular weight is 319 g/mol. The molecule has 1 unspecified atom stereocenters. The Hall–Kier alpha value is -0.290. The van der Waals surface area contributed by atoms with E-state index in [1.54, 1.807) is 4.57 Å². The van der Waals surface area contributed by atoms with Crippen LogP contribution in [0.4, 0.5) is 0 Å². The van der Waals surface area contributed by atoms with Crippen LogP contribution < -0.4 is 5.69 Å². The third kappa shape index (κ3) is 3.85. The highest BCUT2D eigenvalue weighted by atomic mass is 79.9. The van der Waals surface area contributed by atoms with E-state index < -0.39 is 0 Å². The lowest BCUT2D eigenvalue weighted by molar-refractivity contribution is 0.456. The molecule has 96 valence electrons. The van der Waals surface area contributed by atoms with E-state index in [-0.39, 0.29) is 5.69 Å². The normalized spacial score (nSPS) is 12.8. The summed E-state index contributed by atoms with van der Waals surface area (Å²) in [4.78, 5) is 15.8. The molecule has 0 radical (unpaired) electrons. The number of thiol groups is 1. The van der Waals surface area contributed by atoms with Gasteiger partial charge < -0.3 is 0 Å². The molecule has 1 aromatic heterocycles. The molecular formula is C12H19BrN2OS. The Morgan fingerprint density at radius 3 is 2.65 bits per heavy atom. The fourth-order valence-corrected chi connectivity index (χ4v) is 2.50. The molecule has 5 heteroatoms. The Morgan fingerprint density at radius 1 is 1.41 bits per heavy atom. The molecule has 1 rings (SSSR count). The van der Waals surface area contributed by atoms with Gasteiger partial charge in [-0.25, -0.2) is 4.79 Å². The molecule has 0 amide bonds. The van der Waals surface area contributed by atoms with Crippen molar-refractivity contribution in [2.75, 3.05) is 5.75 Å². The van der Waals surface area contributed by atoms with E-state index in [2.05, 4.69) is 40.5 Å². The molecule has 0 aliphatic carbocycles. The number of halogens is 1. The van der Waals surface area contributed by atoms with Gasteiger partial charge in [-0.05, 0) is 54.3 Å². The Morgan fingerprint density at radius 2 is 2.06 bits per heavy atom. The number of nitrogens with zero attached hydrogens (tertiary/aromatic N) is 2. The topological polar surface area (TPSA) is 34.9 Å². The van der Waals surface area contributed by atoms with E-state index in [1.165, 1.54) is 0 Å². The quantitative estimate of drug-likeness (QED) is 0.847. The van der Waals surface area contributed by atoms with Crippen LogP contribution in [-0.4, -0.2) is 15.3 Å². The fourth-order valence-electron chi connectivity index (χ4n) is 1.75. The minimum absolute atomic E-state index is 0.152. The first-order valence-corrected chi connectivity index (χ1v) is 7.24. The maximum Gasteiger partial charge on any atom is 0.348 e. The van der Waals surface area contributed by atoms with Crippen LogP contribution in [-0.2, 0) is 6.54 Å². The molecule has 0 aliphatic rings. The van der Waals surface area contributed by atoms with E-state index in [9.17, 15) is 4.79 Å². The van der Waals surface area contributed by atoms with Gasteiger partial charge in [0.25, 0.3) is 0 Å². The Balaban J connectivity index is 2.85. The summed E-state index contributed by atoms with van der Waals surface area (Å²) < 4.78 is 2.67. The first-order chi connectivity index (χ1) is 7.97. The van der Waals surface area contributed by atoms with E-state index in [0.29, 0.717) is 5.92 Å². The molecule has 1 aromatic rings. The monoisotopic (exact) mass is 318 g/mol. The Bertz CT molecular complexity index is 445. The number of hydrogen-bond donors (Lipinski definition) is 1. The second-order valence-corrected chi connectivity index (χ2v) is 5.68. The molecular weight excluding hydrogens is 300 g/mol. The largest absolute Gasteiger partial charge is 0.348 e. The van der Waals surface area contributed by atoms with Crippen LogP contribution in [0.3, 0.4) is 0 Å². The van der Waals surface area contributed by atoms with Gasteiger partial charge in [-0.2, -0.15) is 17.6 Å². The van der Waals surface area contributed by atoms with Gasteiger partial charge in [0.1, 0.15) is 0 Å². The van der Waals surface area contributed by atoms with Crippen LogP contribution in [0.2, 0.25) is 0 Å². The number of hydrogen-bond acceptors (Lipinski definition) is 3. The van der Waals surface area contributed by atoms with E-state index >= 15 is 0 Å². The minimum atomic E-state index is -0.152. The van der Waals surface area contributed by atoms with Crippen molar-refractivity contribution in [2.45, 2.75) is 40.2 Å². The summed E-state index contributed by atoms with van der Waals surface area (Å²) in [6, 6.07) is 0. The maximum atomic E-state index is 11.8. The molecule has 0 bridgehead atoms. The van der Waals surface area contributed by atoms with Crippen molar-refractivity contribution in [1.29, 1.82) is 0 Å². The van der Waals surface area contributed by atoms with Crippen molar-refractivity contribution in [1.82, 2.24) is 9.55 Å². The lowest BCUT2D eigenvalue weighted by Crippen LogP contribution is -2.27. The Kier molecular flexibility index (Phi) is 5.73. The average Bonchev–Trinajstić information content (AvgIpc) is 2.26. The summed E-state index contributed by atoms with van der Waals surface area (Å²) in [5.41, 5.74) is 1.56. The van der Waals surface area contributed by atoms with Gasteiger partial charge in [0, 0.05) is 12.2 Å². The van der Waals surface area contributed by atoms with Crippen LogP contribution in [0, 0.1) is 19.8 Å². The van der Waals surface area contributed by atoms with Crippen molar-refractivity contribution in [3.63, 3.8) is 0 Å². The predicted molar refractivity (Wildman–Crippen MR) is 77.9 cm³/mol. The molecule has 3 nitrogen and oxygen atoms in total. The van der Waals surface area contributed by atoms with Crippen molar-refractivity contribution in [2.24, 2.45) is 5.92 Å². The summed E-state index contributed by atoms with van der Waals surface area (Å²) in [5, 5.41) is 0. The highest BCUT2D eigenvalue weighted by Gasteiger charge is 2.10. The second kappa shape index (κ2) is 6.59. The Labute approximate surface area is 116 Å². The first-order valence-electron chi connectivity index (χ1n) is 5.81. The summed E-state index contributed by atoms with van der Waals surface area (Å²) in [6.07, 6.45) is 2.07. The molecule has 0 saturated carbocycles. The van der Waals surface area contributed by atoms with Crippen LogP contribution in [0.1, 0.15) is 31.2 Å². The van der Waals surface area contributed by atoms with Gasteiger partial charge in [-0.15, -0.1) is 0 Å². The minimum Gasteiger partial charge on any atom is -0.295 e. The van der Waals surface area contributed by atoms with Crippen LogP contribution in [0.5, 0.6) is 0 Å². The molecule has 0 aliphatic heterocycles. The van der Waals surface area contributed by atoms with Crippen molar-refractivity contribution >= 4 is 28.6 Å². The molecule has 1 heterocycles. The zero-order chi connectivity index (χ0) is 13.0. The molecule has 0 saturated heterocycles. The summed E-state index contributed by atoms with van der Waals surface area (Å²) in [6.45, 7) is 6.70. The number of aromatic nitrogens is 2. The SMILES string of the molecule is Cc1nc(=O)n(CCC(C)CCS)c(C)c1Br. The van der Waals surface area contributed by atoms with Crippen LogP contribution >= 0.6 is 28.6 Å². The molecule has 0 spiro atoms. The summed E-state index contributed by atoms with van der Waals surface area (Å²) >= 11 is 7.69. The fraction of sp³-hybridized carbons (Fsp3) is 0.667.